The van der Waals surface area contributed by atoms with Crippen molar-refractivity contribution in [1.29, 1.82) is 0 Å². The summed E-state index contributed by atoms with van der Waals surface area (Å²) in [5.41, 5.74) is 0.782. The van der Waals surface area contributed by atoms with E-state index in [2.05, 4.69) is 25.6 Å². The topological polar surface area (TPSA) is 76.6 Å². The molecule has 0 aliphatic rings. The number of furan rings is 1. The first-order valence-electron chi connectivity index (χ1n) is 6.26. The first-order valence-corrected chi connectivity index (χ1v) is 9.79. The number of nitrogens with zero attached hydrogens (tertiary/aromatic N) is 2. The van der Waals surface area contributed by atoms with E-state index in [0.717, 1.165) is 0 Å². The van der Waals surface area contributed by atoms with Crippen LogP contribution >= 0.6 is 38.9 Å². The molecule has 0 aliphatic heterocycles. The lowest BCUT2D eigenvalue weighted by Gasteiger charge is -2.10. The molecule has 4 aromatic rings. The predicted molar refractivity (Wildman–Crippen MR) is 92.8 cm³/mol. The highest BCUT2D eigenvalue weighted by Crippen LogP contribution is 2.38. The van der Waals surface area contributed by atoms with Crippen LogP contribution in [0, 0.1) is 0 Å². The summed E-state index contributed by atoms with van der Waals surface area (Å²) in [7, 11) is -3.83. The van der Waals surface area contributed by atoms with E-state index in [-0.39, 0.29) is 5.03 Å². The standard InChI is InChI=1S/C13H7BrClN3O3S2/c14-8-5-9(15)12-7(1-3-21-12)11(8)17-23(19,20)10-6-16-13-18(10)2-4-22-13/h1-6,17H. The van der Waals surface area contributed by atoms with Crippen LogP contribution in [0.5, 0.6) is 0 Å². The van der Waals surface area contributed by atoms with Crippen LogP contribution in [0.4, 0.5) is 5.69 Å². The molecule has 3 heterocycles. The Kier molecular flexibility index (Phi) is 3.41. The van der Waals surface area contributed by atoms with Crippen molar-refractivity contribution in [2.45, 2.75) is 5.03 Å². The van der Waals surface area contributed by atoms with Crippen molar-refractivity contribution in [1.82, 2.24) is 9.38 Å². The first kappa shape index (κ1) is 15.0. The van der Waals surface area contributed by atoms with Gasteiger partial charge in [0.05, 0.1) is 23.2 Å². The van der Waals surface area contributed by atoms with Crippen molar-refractivity contribution in [3.8, 4) is 0 Å². The lowest BCUT2D eigenvalue weighted by molar-refractivity contribution is 0.596. The number of fused-ring (bicyclic) bond motifs is 2. The van der Waals surface area contributed by atoms with E-state index in [1.165, 1.54) is 28.2 Å². The first-order chi connectivity index (χ1) is 11.0. The number of thiazole rings is 1. The van der Waals surface area contributed by atoms with Crippen molar-refractivity contribution in [2.75, 3.05) is 4.72 Å². The molecule has 0 saturated carbocycles. The van der Waals surface area contributed by atoms with Crippen LogP contribution < -0.4 is 4.72 Å². The van der Waals surface area contributed by atoms with Gasteiger partial charge in [0.15, 0.2) is 15.6 Å². The number of hydrogen-bond acceptors (Lipinski definition) is 5. The average molecular weight is 433 g/mol. The highest BCUT2D eigenvalue weighted by molar-refractivity contribution is 9.10. The maximum absolute atomic E-state index is 12.7. The van der Waals surface area contributed by atoms with Crippen molar-refractivity contribution in [3.05, 3.63) is 45.7 Å². The minimum Gasteiger partial charge on any atom is -0.463 e. The number of sulfonamides is 1. The van der Waals surface area contributed by atoms with Crippen LogP contribution in [0.1, 0.15) is 0 Å². The monoisotopic (exact) mass is 431 g/mol. The third-order valence-electron chi connectivity index (χ3n) is 3.27. The minimum absolute atomic E-state index is 0.0623. The zero-order chi connectivity index (χ0) is 16.2. The SMILES string of the molecule is O=S(=O)(Nc1c(Br)cc(Cl)c2occc12)c1cnc2sccn12. The molecule has 10 heteroatoms. The zero-order valence-corrected chi connectivity index (χ0v) is 15.1. The number of nitrogens with one attached hydrogen (secondary N) is 1. The maximum atomic E-state index is 12.7. The number of halogens is 2. The Bertz CT molecular complexity index is 1150. The van der Waals surface area contributed by atoms with Gasteiger partial charge in [0.1, 0.15) is 0 Å². The molecule has 6 nitrogen and oxygen atoms in total. The minimum atomic E-state index is -3.83. The highest BCUT2D eigenvalue weighted by Gasteiger charge is 2.23. The average Bonchev–Trinajstić information content (AvgIpc) is 3.17. The van der Waals surface area contributed by atoms with Crippen molar-refractivity contribution in [2.24, 2.45) is 0 Å². The summed E-state index contributed by atoms with van der Waals surface area (Å²) in [5.74, 6) is 0. The molecule has 23 heavy (non-hydrogen) atoms. The molecular formula is C13H7BrClN3O3S2. The van der Waals surface area contributed by atoms with Gasteiger partial charge in [-0.05, 0) is 28.1 Å². The molecule has 118 valence electrons. The Hall–Kier alpha value is -1.55. The molecule has 0 amide bonds. The summed E-state index contributed by atoms with van der Waals surface area (Å²) in [6.07, 6.45) is 4.44. The zero-order valence-electron chi connectivity index (χ0n) is 11.2. The summed E-state index contributed by atoms with van der Waals surface area (Å²) in [6.45, 7) is 0. The van der Waals surface area contributed by atoms with Gasteiger partial charge >= 0.3 is 0 Å². The molecule has 0 bridgehead atoms. The van der Waals surface area contributed by atoms with Gasteiger partial charge in [-0.2, -0.15) is 8.42 Å². The largest absolute Gasteiger partial charge is 0.463 e. The van der Waals surface area contributed by atoms with E-state index in [1.807, 2.05) is 0 Å². The quantitative estimate of drug-likeness (QED) is 0.522. The predicted octanol–water partition coefficient (Wildman–Crippen LogP) is 4.36. The van der Waals surface area contributed by atoms with Gasteiger partial charge in [0.2, 0.25) is 0 Å². The van der Waals surface area contributed by atoms with Crippen LogP contribution in [-0.2, 0) is 10.0 Å². The molecule has 0 spiro atoms. The Morgan fingerprint density at radius 3 is 3.09 bits per heavy atom. The van der Waals surface area contributed by atoms with Gasteiger partial charge in [-0.25, -0.2) is 4.98 Å². The van der Waals surface area contributed by atoms with Gasteiger partial charge in [-0.15, -0.1) is 11.3 Å². The van der Waals surface area contributed by atoms with E-state index in [1.54, 1.807) is 23.7 Å². The molecule has 0 unspecified atom stereocenters. The number of hydrogen-bond donors (Lipinski definition) is 1. The second-order valence-corrected chi connectivity index (χ2v) is 8.40. The smallest absolute Gasteiger partial charge is 0.279 e. The third kappa shape index (κ3) is 2.35. The summed E-state index contributed by atoms with van der Waals surface area (Å²) < 4.78 is 35.4. The third-order valence-corrected chi connectivity index (χ3v) is 6.27. The molecular weight excluding hydrogens is 426 g/mol. The molecule has 1 N–H and O–H groups in total. The van der Waals surface area contributed by atoms with Gasteiger partial charge in [0, 0.05) is 21.4 Å². The Morgan fingerprint density at radius 2 is 2.26 bits per heavy atom. The van der Waals surface area contributed by atoms with Crippen molar-refractivity contribution >= 4 is 70.5 Å². The molecule has 0 fully saturated rings. The molecule has 0 aliphatic carbocycles. The summed E-state index contributed by atoms with van der Waals surface area (Å²) in [4.78, 5) is 4.69. The summed E-state index contributed by atoms with van der Waals surface area (Å²) >= 11 is 10.8. The van der Waals surface area contributed by atoms with E-state index in [4.69, 9.17) is 16.0 Å². The molecule has 1 aromatic carbocycles. The summed E-state index contributed by atoms with van der Waals surface area (Å²) in [5, 5.41) is 2.80. The van der Waals surface area contributed by atoms with Crippen molar-refractivity contribution in [3.63, 3.8) is 0 Å². The van der Waals surface area contributed by atoms with E-state index in [9.17, 15) is 8.42 Å². The number of aromatic nitrogens is 2. The number of rotatable bonds is 3. The second-order valence-electron chi connectivity index (χ2n) is 4.64. The Balaban J connectivity index is 1.87. The lowest BCUT2D eigenvalue weighted by Crippen LogP contribution is -2.15. The van der Waals surface area contributed by atoms with Gasteiger partial charge in [0.25, 0.3) is 10.0 Å². The van der Waals surface area contributed by atoms with E-state index in [0.29, 0.717) is 31.1 Å². The second kappa shape index (κ2) is 5.23. The van der Waals surface area contributed by atoms with Gasteiger partial charge < -0.3 is 4.42 Å². The van der Waals surface area contributed by atoms with Crippen LogP contribution in [0.25, 0.3) is 15.9 Å². The molecule has 0 atom stereocenters. The summed E-state index contributed by atoms with van der Waals surface area (Å²) in [6, 6.07) is 3.24. The van der Waals surface area contributed by atoms with Crippen molar-refractivity contribution < 1.29 is 12.8 Å². The number of anilines is 1. The van der Waals surface area contributed by atoms with E-state index >= 15 is 0 Å². The fourth-order valence-electron chi connectivity index (χ4n) is 2.26. The normalized spacial score (nSPS) is 12.3. The van der Waals surface area contributed by atoms with Crippen LogP contribution in [0.3, 0.4) is 0 Å². The van der Waals surface area contributed by atoms with E-state index < -0.39 is 10.0 Å². The van der Waals surface area contributed by atoms with Crippen LogP contribution in [0.2, 0.25) is 5.02 Å². The fraction of sp³-hybridized carbons (Fsp3) is 0. The maximum Gasteiger partial charge on any atom is 0.279 e. The fourth-order valence-corrected chi connectivity index (χ4v) is 5.26. The highest BCUT2D eigenvalue weighted by atomic mass is 79.9. The van der Waals surface area contributed by atoms with Crippen LogP contribution in [-0.4, -0.2) is 17.8 Å². The molecule has 3 aromatic heterocycles. The molecule has 0 radical (unpaired) electrons. The molecule has 4 rings (SSSR count). The van der Waals surface area contributed by atoms with Gasteiger partial charge in [-0.3, -0.25) is 9.12 Å². The molecule has 0 saturated heterocycles. The van der Waals surface area contributed by atoms with Gasteiger partial charge in [-0.1, -0.05) is 11.6 Å². The lowest BCUT2D eigenvalue weighted by atomic mass is 10.2. The van der Waals surface area contributed by atoms with Crippen LogP contribution in [0.15, 0.2) is 50.1 Å². The Labute approximate surface area is 147 Å². The Morgan fingerprint density at radius 1 is 1.43 bits per heavy atom. The number of benzene rings is 1. The number of imidazole rings is 1.